The molecule has 0 radical (unpaired) electrons. The third-order valence-corrected chi connectivity index (χ3v) is 3.80. The summed E-state index contributed by atoms with van der Waals surface area (Å²) in [7, 11) is 0. The zero-order valence-corrected chi connectivity index (χ0v) is 14.3. The topological polar surface area (TPSA) is 72.2 Å². The van der Waals surface area contributed by atoms with Gasteiger partial charge in [0.2, 0.25) is 5.91 Å². The number of rotatable bonds is 3. The van der Waals surface area contributed by atoms with Crippen LogP contribution in [0.15, 0.2) is 45.3 Å². The fourth-order valence-electron chi connectivity index (χ4n) is 1.84. The van der Waals surface area contributed by atoms with Gasteiger partial charge in [0.25, 0.3) is 5.91 Å². The minimum atomic E-state index is -0.494. The lowest BCUT2D eigenvalue weighted by Gasteiger charge is -2.10. The Labute approximate surface area is 139 Å². The van der Waals surface area contributed by atoms with Crippen molar-refractivity contribution in [2.75, 3.05) is 5.32 Å². The van der Waals surface area contributed by atoms with Crippen LogP contribution in [0.1, 0.15) is 26.3 Å². The number of aryl methyl sites for hydroxylation is 1. The maximum absolute atomic E-state index is 12.2. The first-order valence-corrected chi connectivity index (χ1v) is 7.63. The minimum Gasteiger partial charge on any atom is -0.366 e. The second-order valence-corrected chi connectivity index (χ2v) is 6.34. The first kappa shape index (κ1) is 15.7. The number of hydrogen-bond acceptors (Lipinski definition) is 2. The lowest BCUT2D eigenvalue weighted by atomic mass is 10.1. The van der Waals surface area contributed by atoms with Crippen molar-refractivity contribution < 1.29 is 9.59 Å². The van der Waals surface area contributed by atoms with Crippen molar-refractivity contribution in [2.24, 2.45) is 5.73 Å². The molecule has 0 saturated carbocycles. The Morgan fingerprint density at radius 2 is 1.62 bits per heavy atom. The number of primary amides is 1. The van der Waals surface area contributed by atoms with Gasteiger partial charge in [-0.1, -0.05) is 31.9 Å². The van der Waals surface area contributed by atoms with Gasteiger partial charge in [-0.15, -0.1) is 0 Å². The second-order valence-electron chi connectivity index (χ2n) is 4.51. The van der Waals surface area contributed by atoms with Gasteiger partial charge in [0.1, 0.15) is 0 Å². The normalized spacial score (nSPS) is 10.2. The molecule has 2 amide bonds. The van der Waals surface area contributed by atoms with Crippen molar-refractivity contribution in [1.29, 1.82) is 0 Å². The number of hydrogen-bond donors (Lipinski definition) is 2. The van der Waals surface area contributed by atoms with E-state index in [2.05, 4.69) is 37.2 Å². The maximum Gasteiger partial charge on any atom is 0.255 e. The van der Waals surface area contributed by atoms with E-state index in [1.54, 1.807) is 37.3 Å². The summed E-state index contributed by atoms with van der Waals surface area (Å²) in [6, 6.07) is 10.2. The van der Waals surface area contributed by atoms with Crippen molar-refractivity contribution in [3.63, 3.8) is 0 Å². The van der Waals surface area contributed by atoms with Gasteiger partial charge in [-0.05, 0) is 48.9 Å². The Hall–Kier alpha value is -1.66. The number of benzene rings is 2. The predicted octanol–water partition coefficient (Wildman–Crippen LogP) is 3.87. The monoisotopic (exact) mass is 410 g/mol. The molecule has 0 aromatic heterocycles. The predicted molar refractivity (Wildman–Crippen MR) is 89.5 cm³/mol. The molecule has 0 fully saturated rings. The highest BCUT2D eigenvalue weighted by atomic mass is 79.9. The van der Waals surface area contributed by atoms with Gasteiger partial charge < -0.3 is 11.1 Å². The van der Waals surface area contributed by atoms with Crippen LogP contribution in [0.5, 0.6) is 0 Å². The van der Waals surface area contributed by atoms with Crippen LogP contribution in [0, 0.1) is 6.92 Å². The first-order chi connectivity index (χ1) is 9.86. The number of nitrogens with two attached hydrogens (primary N) is 1. The van der Waals surface area contributed by atoms with Crippen LogP contribution in [0.2, 0.25) is 0 Å². The van der Waals surface area contributed by atoms with Crippen molar-refractivity contribution in [3.05, 3.63) is 62.0 Å². The van der Waals surface area contributed by atoms with Crippen LogP contribution in [-0.4, -0.2) is 11.8 Å². The third-order valence-electron chi connectivity index (χ3n) is 2.88. The van der Waals surface area contributed by atoms with Gasteiger partial charge >= 0.3 is 0 Å². The Morgan fingerprint density at radius 1 is 1.00 bits per heavy atom. The van der Waals surface area contributed by atoms with Crippen LogP contribution in [-0.2, 0) is 0 Å². The largest absolute Gasteiger partial charge is 0.366 e. The molecule has 0 unspecified atom stereocenters. The molecule has 2 aromatic rings. The molecular formula is C15H12Br2N2O2. The molecule has 6 heteroatoms. The molecule has 3 N–H and O–H groups in total. The number of carbonyl (C=O) groups excluding carboxylic acids is 2. The van der Waals surface area contributed by atoms with Crippen LogP contribution in [0.25, 0.3) is 0 Å². The summed E-state index contributed by atoms with van der Waals surface area (Å²) in [6.45, 7) is 1.80. The summed E-state index contributed by atoms with van der Waals surface area (Å²) in [6.07, 6.45) is 0. The zero-order valence-electron chi connectivity index (χ0n) is 11.1. The lowest BCUT2D eigenvalue weighted by Crippen LogP contribution is -2.14. The number of amides is 2. The summed E-state index contributed by atoms with van der Waals surface area (Å²) >= 11 is 6.69. The van der Waals surface area contributed by atoms with Gasteiger partial charge in [0.05, 0.1) is 0 Å². The van der Waals surface area contributed by atoms with E-state index in [4.69, 9.17) is 5.73 Å². The lowest BCUT2D eigenvalue weighted by molar-refractivity contribution is 0.0998. The van der Waals surface area contributed by atoms with E-state index in [0.717, 1.165) is 14.5 Å². The van der Waals surface area contributed by atoms with Gasteiger partial charge in [0.15, 0.2) is 0 Å². The Bertz CT molecular complexity index is 709. The van der Waals surface area contributed by atoms with E-state index in [1.807, 2.05) is 6.07 Å². The standard InChI is InChI=1S/C15H12Br2N2O2/c1-8-4-9(14(18)20)2-3-13(8)19-15(21)10-5-11(16)7-12(17)6-10/h2-7H,1H3,(H2,18,20)(H,19,21). The highest BCUT2D eigenvalue weighted by Gasteiger charge is 2.10. The quantitative estimate of drug-likeness (QED) is 0.804. The summed E-state index contributed by atoms with van der Waals surface area (Å²) in [5.41, 5.74) is 7.57. The van der Waals surface area contributed by atoms with Gasteiger partial charge in [-0.2, -0.15) is 0 Å². The molecule has 0 bridgehead atoms. The van der Waals surface area contributed by atoms with E-state index in [0.29, 0.717) is 16.8 Å². The summed E-state index contributed by atoms with van der Waals surface area (Å²) in [4.78, 5) is 23.4. The fraction of sp³-hybridized carbons (Fsp3) is 0.0667. The summed E-state index contributed by atoms with van der Waals surface area (Å²) < 4.78 is 1.62. The average Bonchev–Trinajstić information content (AvgIpc) is 2.39. The molecule has 0 spiro atoms. The number of halogens is 2. The molecule has 4 nitrogen and oxygen atoms in total. The summed E-state index contributed by atoms with van der Waals surface area (Å²) in [5, 5.41) is 2.81. The zero-order chi connectivity index (χ0) is 15.6. The minimum absolute atomic E-state index is 0.230. The second kappa shape index (κ2) is 6.41. The van der Waals surface area contributed by atoms with Gasteiger partial charge in [-0.3, -0.25) is 9.59 Å². The van der Waals surface area contributed by atoms with E-state index in [-0.39, 0.29) is 5.91 Å². The van der Waals surface area contributed by atoms with Gasteiger partial charge in [0, 0.05) is 25.8 Å². The number of nitrogens with one attached hydrogen (secondary N) is 1. The first-order valence-electron chi connectivity index (χ1n) is 6.04. The molecular weight excluding hydrogens is 400 g/mol. The van der Waals surface area contributed by atoms with E-state index in [9.17, 15) is 9.59 Å². The maximum atomic E-state index is 12.2. The number of anilines is 1. The molecule has 2 aromatic carbocycles. The molecule has 2 rings (SSSR count). The molecule has 21 heavy (non-hydrogen) atoms. The smallest absolute Gasteiger partial charge is 0.255 e. The van der Waals surface area contributed by atoms with Crippen LogP contribution < -0.4 is 11.1 Å². The van der Waals surface area contributed by atoms with Crippen LogP contribution in [0.4, 0.5) is 5.69 Å². The molecule has 0 saturated heterocycles. The Kier molecular flexibility index (Phi) is 4.80. The molecule has 0 aliphatic rings. The highest BCUT2D eigenvalue weighted by Crippen LogP contribution is 2.22. The molecule has 0 aliphatic carbocycles. The molecule has 0 aliphatic heterocycles. The summed E-state index contributed by atoms with van der Waals surface area (Å²) in [5.74, 6) is -0.723. The van der Waals surface area contributed by atoms with Crippen molar-refractivity contribution in [1.82, 2.24) is 0 Å². The van der Waals surface area contributed by atoms with E-state index < -0.39 is 5.91 Å². The third kappa shape index (κ3) is 3.92. The van der Waals surface area contributed by atoms with Crippen molar-refractivity contribution in [2.45, 2.75) is 6.92 Å². The SMILES string of the molecule is Cc1cc(C(N)=O)ccc1NC(=O)c1cc(Br)cc(Br)c1. The Morgan fingerprint density at radius 3 is 2.14 bits per heavy atom. The van der Waals surface area contributed by atoms with E-state index >= 15 is 0 Å². The Balaban J connectivity index is 2.25. The molecule has 0 atom stereocenters. The van der Waals surface area contributed by atoms with Crippen molar-refractivity contribution in [3.8, 4) is 0 Å². The molecule has 0 heterocycles. The average molecular weight is 412 g/mol. The molecule has 108 valence electrons. The van der Waals surface area contributed by atoms with Crippen LogP contribution >= 0.6 is 31.9 Å². The van der Waals surface area contributed by atoms with Gasteiger partial charge in [-0.25, -0.2) is 0 Å². The number of carbonyl (C=O) groups is 2. The van der Waals surface area contributed by atoms with E-state index in [1.165, 1.54) is 0 Å². The fourth-order valence-corrected chi connectivity index (χ4v) is 3.13. The van der Waals surface area contributed by atoms with Crippen LogP contribution in [0.3, 0.4) is 0 Å². The van der Waals surface area contributed by atoms with Crippen molar-refractivity contribution >= 4 is 49.4 Å². The highest BCUT2D eigenvalue weighted by molar-refractivity contribution is 9.11.